The third-order valence-electron chi connectivity index (χ3n) is 4.04. The number of aromatic nitrogens is 2. The summed E-state index contributed by atoms with van der Waals surface area (Å²) in [5, 5.41) is 12.6. The number of nitrogens with zero attached hydrogens (tertiary/aromatic N) is 2. The fraction of sp³-hybridized carbons (Fsp3) is 0.375. The van der Waals surface area contributed by atoms with Gasteiger partial charge in [-0.2, -0.15) is 0 Å². The predicted octanol–water partition coefficient (Wildman–Crippen LogP) is 2.45. The highest BCUT2D eigenvalue weighted by Crippen LogP contribution is 2.32. The van der Waals surface area contributed by atoms with E-state index in [9.17, 15) is 14.3 Å². The Labute approximate surface area is 127 Å². The average Bonchev–Trinajstić information content (AvgIpc) is 3.00. The number of imidazole rings is 1. The molecule has 1 heterocycles. The molecule has 0 aliphatic heterocycles. The molecule has 3 rings (SSSR count). The van der Waals surface area contributed by atoms with Crippen LogP contribution in [0.4, 0.5) is 4.39 Å². The molecular weight excluding hydrogens is 285 g/mol. The minimum Gasteiger partial charge on any atom is -0.507 e. The first-order valence-electron chi connectivity index (χ1n) is 7.37. The lowest BCUT2D eigenvalue weighted by Crippen LogP contribution is -2.31. The van der Waals surface area contributed by atoms with Gasteiger partial charge in [0, 0.05) is 24.6 Å². The van der Waals surface area contributed by atoms with Gasteiger partial charge in [0.05, 0.1) is 11.9 Å². The minimum atomic E-state index is -0.670. The van der Waals surface area contributed by atoms with Crippen LogP contribution in [0.25, 0.3) is 5.69 Å². The van der Waals surface area contributed by atoms with Gasteiger partial charge in [0.15, 0.2) is 0 Å². The number of rotatable bonds is 5. The molecule has 1 aliphatic carbocycles. The standard InChI is InChI=1S/C16H18FN3O2/c17-12-7-11(8-12)3-4-19-16(22)14-9-13(1-2-15(14)21)20-6-5-18-10-20/h1-2,5-6,9-12,21H,3-4,7-8H2,(H,19,22). The summed E-state index contributed by atoms with van der Waals surface area (Å²) in [5.41, 5.74) is 0.975. The van der Waals surface area contributed by atoms with Crippen molar-refractivity contribution < 1.29 is 14.3 Å². The number of phenolic OH excluding ortho intramolecular Hbond substituents is 1. The van der Waals surface area contributed by atoms with Gasteiger partial charge in [-0.05, 0) is 43.4 Å². The first-order valence-corrected chi connectivity index (χ1v) is 7.37. The molecular formula is C16H18FN3O2. The molecule has 116 valence electrons. The molecule has 1 aliphatic rings. The number of amides is 1. The summed E-state index contributed by atoms with van der Waals surface area (Å²) in [4.78, 5) is 16.1. The molecule has 0 unspecified atom stereocenters. The van der Waals surface area contributed by atoms with E-state index in [0.717, 1.165) is 12.1 Å². The van der Waals surface area contributed by atoms with Crippen molar-refractivity contribution in [1.29, 1.82) is 0 Å². The molecule has 6 heteroatoms. The number of carbonyl (C=O) groups excluding carboxylic acids is 1. The Kier molecular flexibility index (Phi) is 4.09. The lowest BCUT2D eigenvalue weighted by molar-refractivity contribution is 0.0932. The van der Waals surface area contributed by atoms with Crippen LogP contribution >= 0.6 is 0 Å². The second kappa shape index (κ2) is 6.17. The van der Waals surface area contributed by atoms with E-state index in [1.54, 1.807) is 35.4 Å². The maximum absolute atomic E-state index is 12.7. The number of benzene rings is 1. The third kappa shape index (κ3) is 3.10. The predicted molar refractivity (Wildman–Crippen MR) is 79.8 cm³/mol. The molecule has 0 bridgehead atoms. The Morgan fingerprint density at radius 2 is 2.27 bits per heavy atom. The van der Waals surface area contributed by atoms with Crippen molar-refractivity contribution in [2.75, 3.05) is 6.54 Å². The Morgan fingerprint density at radius 3 is 2.95 bits per heavy atom. The lowest BCUT2D eigenvalue weighted by Gasteiger charge is -2.29. The van der Waals surface area contributed by atoms with Gasteiger partial charge in [0.2, 0.25) is 0 Å². The Bertz CT molecular complexity index is 651. The molecule has 1 aromatic heterocycles. The van der Waals surface area contributed by atoms with E-state index < -0.39 is 6.17 Å². The highest BCUT2D eigenvalue weighted by Gasteiger charge is 2.28. The summed E-state index contributed by atoms with van der Waals surface area (Å²) in [7, 11) is 0. The van der Waals surface area contributed by atoms with Crippen molar-refractivity contribution in [2.45, 2.75) is 25.4 Å². The molecule has 2 N–H and O–H groups in total. The van der Waals surface area contributed by atoms with Gasteiger partial charge >= 0.3 is 0 Å². The zero-order valence-corrected chi connectivity index (χ0v) is 12.1. The van der Waals surface area contributed by atoms with Crippen molar-refractivity contribution in [3.63, 3.8) is 0 Å². The maximum atomic E-state index is 12.7. The zero-order chi connectivity index (χ0) is 15.5. The number of nitrogens with one attached hydrogen (secondary N) is 1. The second-order valence-electron chi connectivity index (χ2n) is 5.65. The molecule has 0 atom stereocenters. The van der Waals surface area contributed by atoms with Crippen LogP contribution in [-0.2, 0) is 0 Å². The first kappa shape index (κ1) is 14.6. The number of alkyl halides is 1. The van der Waals surface area contributed by atoms with Crippen molar-refractivity contribution in [2.24, 2.45) is 5.92 Å². The number of aromatic hydroxyl groups is 1. The van der Waals surface area contributed by atoms with Gasteiger partial charge in [-0.3, -0.25) is 4.79 Å². The maximum Gasteiger partial charge on any atom is 0.255 e. The second-order valence-corrected chi connectivity index (χ2v) is 5.65. The van der Waals surface area contributed by atoms with Gasteiger partial charge in [-0.1, -0.05) is 0 Å². The minimum absolute atomic E-state index is 0.0613. The Morgan fingerprint density at radius 1 is 1.45 bits per heavy atom. The van der Waals surface area contributed by atoms with Crippen LogP contribution in [0, 0.1) is 5.92 Å². The molecule has 2 aromatic rings. The van der Waals surface area contributed by atoms with Crippen LogP contribution in [0.3, 0.4) is 0 Å². The molecule has 0 saturated heterocycles. The van der Waals surface area contributed by atoms with Crippen LogP contribution in [0.1, 0.15) is 29.6 Å². The smallest absolute Gasteiger partial charge is 0.255 e. The molecule has 1 fully saturated rings. The first-order chi connectivity index (χ1) is 10.6. The summed E-state index contributed by atoms with van der Waals surface area (Å²) >= 11 is 0. The molecule has 1 aromatic carbocycles. The van der Waals surface area contributed by atoms with Crippen molar-refractivity contribution in [1.82, 2.24) is 14.9 Å². The van der Waals surface area contributed by atoms with E-state index in [-0.39, 0.29) is 17.2 Å². The number of hydrogen-bond acceptors (Lipinski definition) is 3. The molecule has 0 spiro atoms. The quantitative estimate of drug-likeness (QED) is 0.891. The van der Waals surface area contributed by atoms with Crippen LogP contribution in [0.15, 0.2) is 36.9 Å². The highest BCUT2D eigenvalue weighted by atomic mass is 19.1. The van der Waals surface area contributed by atoms with E-state index in [1.807, 2.05) is 0 Å². The largest absolute Gasteiger partial charge is 0.507 e. The summed E-state index contributed by atoms with van der Waals surface area (Å²) < 4.78 is 14.5. The molecule has 0 radical (unpaired) electrons. The van der Waals surface area contributed by atoms with Crippen LogP contribution in [0.5, 0.6) is 5.75 Å². The van der Waals surface area contributed by atoms with Gasteiger partial charge in [0.25, 0.3) is 5.91 Å². The fourth-order valence-corrected chi connectivity index (χ4v) is 2.65. The summed E-state index contributed by atoms with van der Waals surface area (Å²) in [6.45, 7) is 0.491. The Balaban J connectivity index is 1.62. The number of phenols is 1. The summed E-state index contributed by atoms with van der Waals surface area (Å²) in [6.07, 6.45) is 6.32. The normalized spacial score (nSPS) is 20.4. The Hall–Kier alpha value is -2.37. The SMILES string of the molecule is O=C(NCCC1CC(F)C1)c1cc(-n2ccnc2)ccc1O. The molecule has 1 saturated carbocycles. The average molecular weight is 303 g/mol. The van der Waals surface area contributed by atoms with Gasteiger partial charge < -0.3 is 15.0 Å². The summed E-state index contributed by atoms with van der Waals surface area (Å²) in [5.74, 6) is -0.0226. The van der Waals surface area contributed by atoms with E-state index in [0.29, 0.717) is 25.3 Å². The molecule has 1 amide bonds. The van der Waals surface area contributed by atoms with E-state index in [2.05, 4.69) is 10.3 Å². The van der Waals surface area contributed by atoms with Crippen LogP contribution in [0.2, 0.25) is 0 Å². The zero-order valence-electron chi connectivity index (χ0n) is 12.1. The van der Waals surface area contributed by atoms with E-state index >= 15 is 0 Å². The highest BCUT2D eigenvalue weighted by molar-refractivity contribution is 5.97. The van der Waals surface area contributed by atoms with Crippen LogP contribution < -0.4 is 5.32 Å². The molecule has 22 heavy (non-hydrogen) atoms. The third-order valence-corrected chi connectivity index (χ3v) is 4.04. The van der Waals surface area contributed by atoms with Crippen molar-refractivity contribution in [3.05, 3.63) is 42.5 Å². The number of hydrogen-bond donors (Lipinski definition) is 2. The monoisotopic (exact) mass is 303 g/mol. The lowest BCUT2D eigenvalue weighted by atomic mass is 9.81. The fourth-order valence-electron chi connectivity index (χ4n) is 2.65. The van der Waals surface area contributed by atoms with Gasteiger partial charge in [-0.25, -0.2) is 9.37 Å². The number of carbonyl (C=O) groups is 1. The van der Waals surface area contributed by atoms with Gasteiger partial charge in [-0.15, -0.1) is 0 Å². The van der Waals surface area contributed by atoms with Crippen LogP contribution in [-0.4, -0.2) is 33.3 Å². The van der Waals surface area contributed by atoms with Crippen molar-refractivity contribution >= 4 is 5.91 Å². The van der Waals surface area contributed by atoms with Crippen molar-refractivity contribution in [3.8, 4) is 11.4 Å². The van der Waals surface area contributed by atoms with E-state index in [1.165, 1.54) is 6.07 Å². The van der Waals surface area contributed by atoms with Gasteiger partial charge in [0.1, 0.15) is 11.9 Å². The number of halogens is 1. The topological polar surface area (TPSA) is 67.2 Å². The van der Waals surface area contributed by atoms with E-state index in [4.69, 9.17) is 0 Å². The molecule has 5 nitrogen and oxygen atoms in total. The summed E-state index contributed by atoms with van der Waals surface area (Å²) in [6, 6.07) is 4.82.